The van der Waals surface area contributed by atoms with Crippen LogP contribution in [0.15, 0.2) is 24.3 Å². The number of rotatable bonds is 5. The van der Waals surface area contributed by atoms with Crippen molar-refractivity contribution >= 4 is 22.6 Å². The number of nitrogens with one attached hydrogen (secondary N) is 1. The van der Waals surface area contributed by atoms with E-state index in [4.69, 9.17) is 4.74 Å². The van der Waals surface area contributed by atoms with Crippen LogP contribution in [0.25, 0.3) is 0 Å². The van der Waals surface area contributed by atoms with Crippen molar-refractivity contribution in [2.24, 2.45) is 0 Å². The van der Waals surface area contributed by atoms with Crippen molar-refractivity contribution in [1.29, 1.82) is 0 Å². The molecule has 0 aliphatic heterocycles. The molecule has 0 aromatic heterocycles. The van der Waals surface area contributed by atoms with Crippen molar-refractivity contribution in [3.8, 4) is 0 Å². The van der Waals surface area contributed by atoms with Crippen LogP contribution < -0.4 is 5.32 Å². The standard InChI is InChI=1S/C11H16INO/c1-3-14-8-11(13-2)9-4-6-10(12)7-5-9/h4-7,11,13H,3,8H2,1-2H3. The highest BCUT2D eigenvalue weighted by Crippen LogP contribution is 2.14. The van der Waals surface area contributed by atoms with E-state index in [1.807, 2.05) is 14.0 Å². The van der Waals surface area contributed by atoms with Crippen LogP contribution in [-0.4, -0.2) is 20.3 Å². The van der Waals surface area contributed by atoms with Crippen LogP contribution in [0.5, 0.6) is 0 Å². The topological polar surface area (TPSA) is 21.3 Å². The van der Waals surface area contributed by atoms with Crippen molar-refractivity contribution in [1.82, 2.24) is 5.32 Å². The van der Waals surface area contributed by atoms with E-state index >= 15 is 0 Å². The zero-order chi connectivity index (χ0) is 10.4. The van der Waals surface area contributed by atoms with Gasteiger partial charge < -0.3 is 10.1 Å². The number of ether oxygens (including phenoxy) is 1. The first-order valence-corrected chi connectivity index (χ1v) is 5.86. The number of hydrogen-bond acceptors (Lipinski definition) is 2. The molecule has 78 valence electrons. The highest BCUT2D eigenvalue weighted by molar-refractivity contribution is 14.1. The van der Waals surface area contributed by atoms with Gasteiger partial charge in [0.25, 0.3) is 0 Å². The molecule has 1 aromatic carbocycles. The summed E-state index contributed by atoms with van der Waals surface area (Å²) in [4.78, 5) is 0. The van der Waals surface area contributed by atoms with Crippen molar-refractivity contribution in [2.45, 2.75) is 13.0 Å². The summed E-state index contributed by atoms with van der Waals surface area (Å²) in [6, 6.07) is 8.81. The van der Waals surface area contributed by atoms with Gasteiger partial charge in [-0.05, 0) is 54.3 Å². The van der Waals surface area contributed by atoms with E-state index < -0.39 is 0 Å². The molecule has 0 radical (unpaired) electrons. The van der Waals surface area contributed by atoms with Gasteiger partial charge in [-0.3, -0.25) is 0 Å². The molecule has 3 heteroatoms. The monoisotopic (exact) mass is 305 g/mol. The van der Waals surface area contributed by atoms with E-state index in [-0.39, 0.29) is 0 Å². The molecule has 1 rings (SSSR count). The van der Waals surface area contributed by atoms with Crippen molar-refractivity contribution < 1.29 is 4.74 Å². The molecule has 0 heterocycles. The largest absolute Gasteiger partial charge is 0.380 e. The molecular formula is C11H16INO. The number of halogens is 1. The molecule has 2 nitrogen and oxygen atoms in total. The van der Waals surface area contributed by atoms with Gasteiger partial charge in [-0.1, -0.05) is 12.1 Å². The Morgan fingerprint density at radius 1 is 1.36 bits per heavy atom. The Hall–Kier alpha value is -0.130. The van der Waals surface area contributed by atoms with Gasteiger partial charge in [0, 0.05) is 10.2 Å². The summed E-state index contributed by atoms with van der Waals surface area (Å²) in [5, 5.41) is 3.25. The zero-order valence-corrected chi connectivity index (χ0v) is 10.7. The summed E-state index contributed by atoms with van der Waals surface area (Å²) in [5.41, 5.74) is 1.28. The Labute approximate surface area is 99.2 Å². The third-order valence-corrected chi connectivity index (χ3v) is 2.83. The molecule has 1 unspecified atom stereocenters. The fraction of sp³-hybridized carbons (Fsp3) is 0.455. The number of likely N-dealkylation sites (N-methyl/N-ethyl adjacent to an activating group) is 1. The molecule has 1 aromatic rings. The van der Waals surface area contributed by atoms with E-state index in [2.05, 4.69) is 52.2 Å². The van der Waals surface area contributed by atoms with Gasteiger partial charge in [0.05, 0.1) is 12.6 Å². The summed E-state index contributed by atoms with van der Waals surface area (Å²) < 4.78 is 6.67. The van der Waals surface area contributed by atoms with Crippen LogP contribution in [0, 0.1) is 3.57 Å². The molecule has 0 amide bonds. The number of benzene rings is 1. The second kappa shape index (κ2) is 6.37. The lowest BCUT2D eigenvalue weighted by molar-refractivity contribution is 0.125. The van der Waals surface area contributed by atoms with Gasteiger partial charge in [-0.2, -0.15) is 0 Å². The Morgan fingerprint density at radius 3 is 2.50 bits per heavy atom. The lowest BCUT2D eigenvalue weighted by Gasteiger charge is -2.16. The minimum Gasteiger partial charge on any atom is -0.380 e. The van der Waals surface area contributed by atoms with Gasteiger partial charge in [-0.25, -0.2) is 0 Å². The SMILES string of the molecule is CCOCC(NC)c1ccc(I)cc1. The maximum atomic E-state index is 5.41. The first-order chi connectivity index (χ1) is 6.77. The van der Waals surface area contributed by atoms with Crippen molar-refractivity contribution in [3.63, 3.8) is 0 Å². The molecule has 1 N–H and O–H groups in total. The third-order valence-electron chi connectivity index (χ3n) is 2.11. The molecule has 0 spiro atoms. The van der Waals surface area contributed by atoms with Crippen LogP contribution >= 0.6 is 22.6 Å². The minimum atomic E-state index is 0.298. The van der Waals surface area contributed by atoms with E-state index in [1.165, 1.54) is 9.13 Å². The lowest BCUT2D eigenvalue weighted by Crippen LogP contribution is -2.21. The molecule has 0 fully saturated rings. The molecular weight excluding hydrogens is 289 g/mol. The van der Waals surface area contributed by atoms with Gasteiger partial charge in [0.1, 0.15) is 0 Å². The fourth-order valence-electron chi connectivity index (χ4n) is 1.28. The Bertz CT molecular complexity index is 260. The smallest absolute Gasteiger partial charge is 0.0661 e. The first-order valence-electron chi connectivity index (χ1n) is 4.78. The van der Waals surface area contributed by atoms with E-state index in [0.29, 0.717) is 6.04 Å². The average molecular weight is 305 g/mol. The van der Waals surface area contributed by atoms with Gasteiger partial charge in [0.2, 0.25) is 0 Å². The molecule has 0 bridgehead atoms. The summed E-state index contributed by atoms with van der Waals surface area (Å²) in [7, 11) is 1.96. The first kappa shape index (κ1) is 11.9. The summed E-state index contributed by atoms with van der Waals surface area (Å²) in [6.45, 7) is 3.51. The maximum Gasteiger partial charge on any atom is 0.0661 e. The van der Waals surface area contributed by atoms with Crippen molar-refractivity contribution in [2.75, 3.05) is 20.3 Å². The highest BCUT2D eigenvalue weighted by Gasteiger charge is 2.07. The molecule has 14 heavy (non-hydrogen) atoms. The molecule has 0 aliphatic carbocycles. The minimum absolute atomic E-state index is 0.298. The average Bonchev–Trinajstić information content (AvgIpc) is 2.21. The van der Waals surface area contributed by atoms with Crippen LogP contribution in [0.2, 0.25) is 0 Å². The fourth-order valence-corrected chi connectivity index (χ4v) is 1.64. The van der Waals surface area contributed by atoms with Gasteiger partial charge >= 0.3 is 0 Å². The van der Waals surface area contributed by atoms with Crippen LogP contribution in [0.3, 0.4) is 0 Å². The van der Waals surface area contributed by atoms with Crippen LogP contribution in [0.4, 0.5) is 0 Å². The summed E-state index contributed by atoms with van der Waals surface area (Å²) in [5.74, 6) is 0. The summed E-state index contributed by atoms with van der Waals surface area (Å²) in [6.07, 6.45) is 0. The Kier molecular flexibility index (Phi) is 5.44. The Morgan fingerprint density at radius 2 is 2.00 bits per heavy atom. The molecule has 1 atom stereocenters. The second-order valence-electron chi connectivity index (χ2n) is 3.05. The maximum absolute atomic E-state index is 5.41. The van der Waals surface area contributed by atoms with Crippen LogP contribution in [-0.2, 0) is 4.74 Å². The molecule has 0 saturated heterocycles. The summed E-state index contributed by atoms with van der Waals surface area (Å²) >= 11 is 2.31. The normalized spacial score (nSPS) is 12.8. The predicted octanol–water partition coefficient (Wildman–Crippen LogP) is 2.59. The van der Waals surface area contributed by atoms with E-state index in [9.17, 15) is 0 Å². The quantitative estimate of drug-likeness (QED) is 0.844. The predicted molar refractivity (Wildman–Crippen MR) is 67.5 cm³/mol. The van der Waals surface area contributed by atoms with Crippen molar-refractivity contribution in [3.05, 3.63) is 33.4 Å². The highest BCUT2D eigenvalue weighted by atomic mass is 127. The van der Waals surface area contributed by atoms with Crippen LogP contribution in [0.1, 0.15) is 18.5 Å². The molecule has 0 aliphatic rings. The molecule has 0 saturated carbocycles. The van der Waals surface area contributed by atoms with E-state index in [1.54, 1.807) is 0 Å². The third kappa shape index (κ3) is 3.55. The van der Waals surface area contributed by atoms with Gasteiger partial charge in [0.15, 0.2) is 0 Å². The number of hydrogen-bond donors (Lipinski definition) is 1. The van der Waals surface area contributed by atoms with E-state index in [0.717, 1.165) is 13.2 Å². The lowest BCUT2D eigenvalue weighted by atomic mass is 10.1. The second-order valence-corrected chi connectivity index (χ2v) is 4.30. The van der Waals surface area contributed by atoms with Gasteiger partial charge in [-0.15, -0.1) is 0 Å². The zero-order valence-electron chi connectivity index (χ0n) is 8.59. The Balaban J connectivity index is 2.64.